The number of benzene rings is 2. The average molecular weight is 445 g/mol. The van der Waals surface area contributed by atoms with Crippen LogP contribution in [0.5, 0.6) is 0 Å². The number of hydrogen-bond donors (Lipinski definition) is 1. The Morgan fingerprint density at radius 3 is 2.69 bits per heavy atom. The molecule has 0 spiro atoms. The van der Waals surface area contributed by atoms with Crippen molar-refractivity contribution in [3.05, 3.63) is 57.1 Å². The van der Waals surface area contributed by atoms with Gasteiger partial charge in [-0.25, -0.2) is 4.98 Å². The predicted octanol–water partition coefficient (Wildman–Crippen LogP) is 4.88. The number of hydrogen-bond acceptors (Lipinski definition) is 5. The van der Waals surface area contributed by atoms with Gasteiger partial charge in [-0.05, 0) is 24.3 Å². The summed E-state index contributed by atoms with van der Waals surface area (Å²) in [6.45, 7) is 0. The van der Waals surface area contributed by atoms with Gasteiger partial charge >= 0.3 is 6.18 Å². The number of amides is 1. The summed E-state index contributed by atoms with van der Waals surface area (Å²) in [5.41, 5.74) is -1.15. The maximum absolute atomic E-state index is 13.2. The highest BCUT2D eigenvalue weighted by molar-refractivity contribution is 7.99. The van der Waals surface area contributed by atoms with Gasteiger partial charge in [-0.2, -0.15) is 13.2 Å². The SMILES string of the molecule is Cn1c(SCC(=O)Nc2ccc([N+](=O)[O-])cc2C(F)(F)F)nc2cc(Cl)ccc21. The molecule has 1 amide bonds. The third-order valence-electron chi connectivity index (χ3n) is 3.93. The summed E-state index contributed by atoms with van der Waals surface area (Å²) >= 11 is 6.96. The molecule has 1 N–H and O–H groups in total. The van der Waals surface area contributed by atoms with Crippen molar-refractivity contribution >= 4 is 51.7 Å². The van der Waals surface area contributed by atoms with E-state index in [1.54, 1.807) is 29.8 Å². The van der Waals surface area contributed by atoms with Crippen LogP contribution in [0.25, 0.3) is 11.0 Å². The van der Waals surface area contributed by atoms with E-state index in [0.717, 1.165) is 29.4 Å². The Hall–Kier alpha value is -2.79. The Morgan fingerprint density at radius 2 is 2.03 bits per heavy atom. The maximum Gasteiger partial charge on any atom is 0.418 e. The molecule has 12 heteroatoms. The van der Waals surface area contributed by atoms with Crippen molar-refractivity contribution in [3.8, 4) is 0 Å². The van der Waals surface area contributed by atoms with Crippen molar-refractivity contribution in [2.75, 3.05) is 11.1 Å². The molecule has 152 valence electrons. The van der Waals surface area contributed by atoms with Crippen LogP contribution in [0.15, 0.2) is 41.6 Å². The van der Waals surface area contributed by atoms with E-state index >= 15 is 0 Å². The van der Waals surface area contributed by atoms with Gasteiger partial charge in [0.1, 0.15) is 0 Å². The number of rotatable bonds is 5. The number of aryl methyl sites for hydroxylation is 1. The Bertz CT molecular complexity index is 1120. The molecule has 3 aromatic rings. The second-order valence-electron chi connectivity index (χ2n) is 5.91. The number of nitro benzene ring substituents is 1. The van der Waals surface area contributed by atoms with Crippen molar-refractivity contribution in [2.45, 2.75) is 11.3 Å². The monoisotopic (exact) mass is 444 g/mol. The summed E-state index contributed by atoms with van der Waals surface area (Å²) in [5.74, 6) is -0.918. The number of alkyl halides is 3. The van der Waals surface area contributed by atoms with Crippen molar-refractivity contribution in [1.29, 1.82) is 0 Å². The molecule has 0 unspecified atom stereocenters. The Balaban J connectivity index is 1.76. The Kier molecular flexibility index (Phi) is 5.71. The molecule has 1 aromatic heterocycles. The van der Waals surface area contributed by atoms with E-state index in [1.807, 2.05) is 0 Å². The van der Waals surface area contributed by atoms with Crippen molar-refractivity contribution in [2.24, 2.45) is 7.05 Å². The number of carbonyl (C=O) groups is 1. The molecule has 0 bridgehead atoms. The molecule has 0 aliphatic rings. The summed E-state index contributed by atoms with van der Waals surface area (Å²) < 4.78 is 41.3. The van der Waals surface area contributed by atoms with E-state index in [9.17, 15) is 28.1 Å². The molecular weight excluding hydrogens is 433 g/mol. The largest absolute Gasteiger partial charge is 0.418 e. The smallest absolute Gasteiger partial charge is 0.325 e. The summed E-state index contributed by atoms with van der Waals surface area (Å²) in [6, 6.07) is 7.26. The first-order valence-electron chi connectivity index (χ1n) is 7.96. The van der Waals surface area contributed by atoms with Gasteiger partial charge in [0.05, 0.1) is 33.0 Å². The normalized spacial score (nSPS) is 11.6. The molecule has 29 heavy (non-hydrogen) atoms. The van der Waals surface area contributed by atoms with Gasteiger partial charge < -0.3 is 9.88 Å². The van der Waals surface area contributed by atoms with Crippen molar-refractivity contribution in [1.82, 2.24) is 9.55 Å². The number of anilines is 1. The van der Waals surface area contributed by atoms with E-state index < -0.39 is 33.9 Å². The minimum Gasteiger partial charge on any atom is -0.325 e. The molecule has 0 aliphatic carbocycles. The molecule has 1 heterocycles. The molecule has 0 radical (unpaired) electrons. The zero-order valence-corrected chi connectivity index (χ0v) is 16.2. The minimum absolute atomic E-state index is 0.209. The number of carbonyl (C=O) groups excluding carboxylic acids is 1. The van der Waals surface area contributed by atoms with Crippen LogP contribution in [0.3, 0.4) is 0 Å². The van der Waals surface area contributed by atoms with Gasteiger partial charge in [0.15, 0.2) is 5.16 Å². The van der Waals surface area contributed by atoms with E-state index in [1.165, 1.54) is 0 Å². The zero-order chi connectivity index (χ0) is 21.3. The zero-order valence-electron chi connectivity index (χ0n) is 14.7. The Labute approximate surface area is 171 Å². The highest BCUT2D eigenvalue weighted by Crippen LogP contribution is 2.37. The summed E-state index contributed by atoms with van der Waals surface area (Å²) in [6.07, 6.45) is -4.86. The summed E-state index contributed by atoms with van der Waals surface area (Å²) in [4.78, 5) is 26.3. The molecule has 7 nitrogen and oxygen atoms in total. The van der Waals surface area contributed by atoms with Crippen LogP contribution in [-0.2, 0) is 18.0 Å². The molecule has 0 aliphatic heterocycles. The quantitative estimate of drug-likeness (QED) is 0.344. The van der Waals surface area contributed by atoms with Gasteiger partial charge in [-0.1, -0.05) is 23.4 Å². The Morgan fingerprint density at radius 1 is 1.31 bits per heavy atom. The summed E-state index contributed by atoms with van der Waals surface area (Å²) in [7, 11) is 1.74. The first-order valence-corrected chi connectivity index (χ1v) is 9.33. The van der Waals surface area contributed by atoms with Gasteiger partial charge in [0.2, 0.25) is 5.91 Å². The molecule has 0 fully saturated rings. The topological polar surface area (TPSA) is 90.1 Å². The second kappa shape index (κ2) is 7.91. The maximum atomic E-state index is 13.2. The van der Waals surface area contributed by atoms with Crippen LogP contribution in [0.4, 0.5) is 24.5 Å². The number of fused-ring (bicyclic) bond motifs is 1. The number of thioether (sulfide) groups is 1. The lowest BCUT2D eigenvalue weighted by Crippen LogP contribution is -2.18. The molecule has 0 atom stereocenters. The lowest BCUT2D eigenvalue weighted by molar-refractivity contribution is -0.385. The van der Waals surface area contributed by atoms with Crippen molar-refractivity contribution in [3.63, 3.8) is 0 Å². The van der Waals surface area contributed by atoms with E-state index in [2.05, 4.69) is 10.3 Å². The highest BCUT2D eigenvalue weighted by Gasteiger charge is 2.35. The number of nitro groups is 1. The van der Waals surface area contributed by atoms with E-state index in [-0.39, 0.29) is 5.75 Å². The number of nitrogens with zero attached hydrogens (tertiary/aromatic N) is 3. The van der Waals surface area contributed by atoms with Gasteiger partial charge in [0, 0.05) is 24.2 Å². The molecule has 3 rings (SSSR count). The minimum atomic E-state index is -4.86. The van der Waals surface area contributed by atoms with Crippen LogP contribution in [-0.4, -0.2) is 26.1 Å². The molecule has 2 aromatic carbocycles. The first kappa shape index (κ1) is 20.9. The van der Waals surface area contributed by atoms with Gasteiger partial charge in [-0.3, -0.25) is 14.9 Å². The first-order chi connectivity index (χ1) is 13.6. The lowest BCUT2D eigenvalue weighted by Gasteiger charge is -2.13. The number of non-ortho nitro benzene ring substituents is 1. The van der Waals surface area contributed by atoms with Gasteiger partial charge in [-0.15, -0.1) is 0 Å². The fourth-order valence-electron chi connectivity index (χ4n) is 2.59. The van der Waals surface area contributed by atoms with Crippen LogP contribution >= 0.6 is 23.4 Å². The lowest BCUT2D eigenvalue weighted by atomic mass is 10.1. The fourth-order valence-corrected chi connectivity index (χ4v) is 3.54. The number of imidazole rings is 1. The standard InChI is InChI=1S/C17H12ClF3N4O3S/c1-24-14-5-2-9(18)6-13(14)23-16(24)29-8-15(26)22-12-4-3-10(25(27)28)7-11(12)17(19,20)21/h2-7H,8H2,1H3,(H,22,26). The number of halogens is 4. The van der Waals surface area contributed by atoms with Crippen LogP contribution in [0.1, 0.15) is 5.56 Å². The molecular formula is C17H12ClF3N4O3S. The van der Waals surface area contributed by atoms with E-state index in [0.29, 0.717) is 21.8 Å². The number of nitrogens with one attached hydrogen (secondary N) is 1. The van der Waals surface area contributed by atoms with Crippen LogP contribution in [0, 0.1) is 10.1 Å². The molecule has 0 saturated carbocycles. The van der Waals surface area contributed by atoms with E-state index in [4.69, 9.17) is 11.6 Å². The third-order valence-corrected chi connectivity index (χ3v) is 5.19. The van der Waals surface area contributed by atoms with Crippen LogP contribution in [0.2, 0.25) is 5.02 Å². The second-order valence-corrected chi connectivity index (χ2v) is 7.29. The average Bonchev–Trinajstić information content (AvgIpc) is 2.94. The number of aromatic nitrogens is 2. The molecule has 0 saturated heterocycles. The summed E-state index contributed by atoms with van der Waals surface area (Å²) in [5, 5.41) is 13.9. The fraction of sp³-hybridized carbons (Fsp3) is 0.176. The van der Waals surface area contributed by atoms with Crippen molar-refractivity contribution < 1.29 is 22.9 Å². The van der Waals surface area contributed by atoms with Gasteiger partial charge in [0.25, 0.3) is 5.69 Å². The third kappa shape index (κ3) is 4.62. The highest BCUT2D eigenvalue weighted by atomic mass is 35.5. The predicted molar refractivity (Wildman–Crippen MR) is 103 cm³/mol. The van der Waals surface area contributed by atoms with Crippen LogP contribution < -0.4 is 5.32 Å².